The van der Waals surface area contributed by atoms with Gasteiger partial charge in [0, 0.05) is 6.10 Å². The smallest absolute Gasteiger partial charge is 0.460 e. The van der Waals surface area contributed by atoms with E-state index < -0.39 is 14.5 Å². The van der Waals surface area contributed by atoms with Gasteiger partial charge in [0.05, 0.1) is 0 Å². The maximum atomic E-state index is 6.24. The molecule has 0 aliphatic carbocycles. The second-order valence-electron chi connectivity index (χ2n) is 4.92. The number of piperidine rings is 1. The third-order valence-corrected chi connectivity index (χ3v) is 6.38. The van der Waals surface area contributed by atoms with Crippen molar-refractivity contribution in [3.8, 4) is 0 Å². The van der Waals surface area contributed by atoms with Gasteiger partial charge in [-0.15, -0.1) is 0 Å². The van der Waals surface area contributed by atoms with Crippen LogP contribution in [0.2, 0.25) is 10.6 Å². The van der Waals surface area contributed by atoms with Gasteiger partial charge in [-0.3, -0.25) is 0 Å². The van der Waals surface area contributed by atoms with E-state index in [4.69, 9.17) is 3.79 Å². The Kier molecular flexibility index (Phi) is 6.23. The fraction of sp³-hybridized carbons (Fsp3) is 1.00. The number of nitrogens with zero attached hydrogens (tertiary/aromatic N) is 1. The van der Waals surface area contributed by atoms with Gasteiger partial charge in [0.15, 0.2) is 0 Å². The Bertz CT molecular complexity index is 165. The van der Waals surface area contributed by atoms with Gasteiger partial charge in [0.1, 0.15) is 0 Å². The van der Waals surface area contributed by atoms with Crippen LogP contribution in [0.3, 0.4) is 0 Å². The van der Waals surface area contributed by atoms with Gasteiger partial charge in [-0.05, 0) is 45.8 Å². The van der Waals surface area contributed by atoms with Crippen LogP contribution in [0.25, 0.3) is 0 Å². The van der Waals surface area contributed by atoms with E-state index >= 15 is 0 Å². The number of hydrogen-bond donors (Lipinski definition) is 0. The molecule has 1 aliphatic heterocycles. The Morgan fingerprint density at radius 3 is 2.27 bits per heavy atom. The van der Waals surface area contributed by atoms with E-state index in [9.17, 15) is 0 Å². The molecule has 88 valence electrons. The molecule has 1 atom stereocenters. The monoisotopic (exact) mass is 227 g/mol. The zero-order valence-electron chi connectivity index (χ0n) is 10.8. The largest absolute Gasteiger partial charge is 0.498 e. The van der Waals surface area contributed by atoms with Crippen molar-refractivity contribution < 1.29 is 3.79 Å². The summed E-state index contributed by atoms with van der Waals surface area (Å²) in [7, 11) is 2.22. The maximum absolute atomic E-state index is 6.24. The molecule has 0 saturated carbocycles. The highest BCUT2D eigenvalue weighted by molar-refractivity contribution is 6.51. The quantitative estimate of drug-likeness (QED) is 0.670. The van der Waals surface area contributed by atoms with Crippen molar-refractivity contribution in [1.82, 2.24) is 4.90 Å². The molecule has 0 aromatic carbocycles. The van der Waals surface area contributed by atoms with E-state index in [-0.39, 0.29) is 0 Å². The molecule has 3 heteroatoms. The van der Waals surface area contributed by atoms with Crippen LogP contribution in [-0.2, 0) is 3.79 Å². The van der Waals surface area contributed by atoms with Gasteiger partial charge >= 0.3 is 14.5 Å². The molecule has 0 aromatic heterocycles. The van der Waals surface area contributed by atoms with Crippen LogP contribution in [0.4, 0.5) is 0 Å². The summed E-state index contributed by atoms with van der Waals surface area (Å²) in [6.45, 7) is 9.36. The minimum Gasteiger partial charge on any atom is -0.498 e. The Labute approximate surface area is 99.7 Å². The van der Waals surface area contributed by atoms with Gasteiger partial charge in [0.2, 0.25) is 0 Å². The van der Waals surface area contributed by atoms with Crippen LogP contribution in [0, 0.1) is 5.92 Å². The predicted octanol–water partition coefficient (Wildman–Crippen LogP) is 2.76. The van der Waals surface area contributed by atoms with Crippen molar-refractivity contribution in [2.24, 2.45) is 5.92 Å². The van der Waals surface area contributed by atoms with Crippen LogP contribution in [0.5, 0.6) is 0 Å². The van der Waals surface area contributed by atoms with Gasteiger partial charge in [-0.1, -0.05) is 24.4 Å². The summed E-state index contributed by atoms with van der Waals surface area (Å²) in [5.74, 6) is 0.814. The summed E-state index contributed by atoms with van der Waals surface area (Å²) in [4.78, 5) is 2.43. The predicted molar refractivity (Wildman–Crippen MR) is 67.5 cm³/mol. The molecule has 1 aliphatic rings. The highest BCUT2D eigenvalue weighted by atomic mass is 27.2. The molecule has 1 fully saturated rings. The lowest BCUT2D eigenvalue weighted by Crippen LogP contribution is -2.37. The van der Waals surface area contributed by atoms with E-state index in [2.05, 4.69) is 32.7 Å². The van der Waals surface area contributed by atoms with Crippen LogP contribution in [0.15, 0.2) is 0 Å². The lowest BCUT2D eigenvalue weighted by atomic mass is 9.92. The van der Waals surface area contributed by atoms with Gasteiger partial charge in [0.25, 0.3) is 0 Å². The third-order valence-electron chi connectivity index (χ3n) is 3.74. The standard InChI is InChI=1S/C8H16NO.2C2H5.Al/c1-7(10)8-3-5-9(2)6-4-8;2*1-2;/h7-8H,3-6H2,1-2H3;2*1H2,2H3;/q-1;;;+1. The molecule has 0 radical (unpaired) electrons. The molecule has 0 aromatic rings. The van der Waals surface area contributed by atoms with Gasteiger partial charge in [-0.2, -0.15) is 0 Å². The lowest BCUT2D eigenvalue weighted by molar-refractivity contribution is 0.0959. The van der Waals surface area contributed by atoms with Crippen molar-refractivity contribution in [3.05, 3.63) is 0 Å². The first-order chi connectivity index (χ1) is 7.17. The van der Waals surface area contributed by atoms with Gasteiger partial charge < -0.3 is 8.69 Å². The number of likely N-dealkylation sites (tertiary alicyclic amines) is 1. The van der Waals surface area contributed by atoms with Crippen LogP contribution < -0.4 is 0 Å². The zero-order chi connectivity index (χ0) is 11.3. The Morgan fingerprint density at radius 1 is 1.27 bits per heavy atom. The van der Waals surface area contributed by atoms with E-state index in [0.29, 0.717) is 6.10 Å². The molecule has 1 saturated heterocycles. The summed E-state index contributed by atoms with van der Waals surface area (Å²) in [6, 6.07) is 0. The molecule has 1 rings (SSSR count). The first-order valence-corrected chi connectivity index (χ1v) is 8.61. The van der Waals surface area contributed by atoms with Crippen LogP contribution in [0.1, 0.15) is 33.6 Å². The summed E-state index contributed by atoms with van der Waals surface area (Å²) in [6.07, 6.45) is 3.16. The van der Waals surface area contributed by atoms with Crippen molar-refractivity contribution in [1.29, 1.82) is 0 Å². The Hall–Kier alpha value is 0.452. The zero-order valence-corrected chi connectivity index (χ0v) is 12.0. The normalized spacial score (nSPS) is 21.6. The molecule has 0 bridgehead atoms. The van der Waals surface area contributed by atoms with Crippen molar-refractivity contribution >= 4 is 14.5 Å². The van der Waals surface area contributed by atoms with Crippen molar-refractivity contribution in [2.45, 2.75) is 50.3 Å². The highest BCUT2D eigenvalue weighted by Crippen LogP contribution is 2.23. The fourth-order valence-electron chi connectivity index (χ4n) is 2.39. The summed E-state index contributed by atoms with van der Waals surface area (Å²) < 4.78 is 6.24. The van der Waals surface area contributed by atoms with E-state index in [1.807, 2.05) is 0 Å². The Morgan fingerprint density at radius 2 is 1.80 bits per heavy atom. The molecule has 0 N–H and O–H groups in total. The molecule has 0 amide bonds. The first-order valence-electron chi connectivity index (χ1n) is 6.51. The van der Waals surface area contributed by atoms with Crippen molar-refractivity contribution in [2.75, 3.05) is 20.1 Å². The van der Waals surface area contributed by atoms with E-state index in [1.54, 1.807) is 0 Å². The van der Waals surface area contributed by atoms with Crippen molar-refractivity contribution in [3.63, 3.8) is 0 Å². The maximum Gasteiger partial charge on any atom is 0.460 e. The molecule has 0 spiro atoms. The topological polar surface area (TPSA) is 12.5 Å². The molecule has 1 unspecified atom stereocenters. The molecule has 2 nitrogen and oxygen atoms in total. The number of rotatable bonds is 5. The minimum atomic E-state index is -0.850. The first kappa shape index (κ1) is 13.5. The summed E-state index contributed by atoms with van der Waals surface area (Å²) >= 11 is -0.850. The van der Waals surface area contributed by atoms with E-state index in [0.717, 1.165) is 5.92 Å². The molecule has 1 heterocycles. The number of hydrogen-bond acceptors (Lipinski definition) is 2. The van der Waals surface area contributed by atoms with Gasteiger partial charge in [-0.25, -0.2) is 0 Å². The SMILES string of the molecule is C[CH2][Al]([CH2]C)[O]C(C)C1CCN(C)CC1. The highest BCUT2D eigenvalue weighted by Gasteiger charge is 2.26. The second-order valence-corrected chi connectivity index (χ2v) is 8.07. The molecular formula is C12H26AlNO. The summed E-state index contributed by atoms with van der Waals surface area (Å²) in [5.41, 5.74) is 0. The molecule has 15 heavy (non-hydrogen) atoms. The van der Waals surface area contributed by atoms with Crippen LogP contribution >= 0.6 is 0 Å². The fourth-order valence-corrected chi connectivity index (χ4v) is 4.19. The summed E-state index contributed by atoms with van der Waals surface area (Å²) in [5, 5.41) is 2.57. The average Bonchev–Trinajstić information content (AvgIpc) is 2.26. The molecular weight excluding hydrogens is 201 g/mol. The minimum absolute atomic E-state index is 0.510. The van der Waals surface area contributed by atoms with Crippen LogP contribution in [-0.4, -0.2) is 45.6 Å². The average molecular weight is 227 g/mol. The van der Waals surface area contributed by atoms with E-state index in [1.165, 1.54) is 36.5 Å². The lowest BCUT2D eigenvalue weighted by Gasteiger charge is -2.34. The second kappa shape index (κ2) is 6.91. The third kappa shape index (κ3) is 4.45. The Balaban J connectivity index is 2.30.